The molecule has 0 bridgehead atoms. The highest BCUT2D eigenvalue weighted by Crippen LogP contribution is 2.29. The van der Waals surface area contributed by atoms with Gasteiger partial charge in [-0.3, -0.25) is 0 Å². The van der Waals surface area contributed by atoms with Crippen molar-refractivity contribution in [1.29, 1.82) is 0 Å². The van der Waals surface area contributed by atoms with E-state index in [2.05, 4.69) is 15.1 Å². The topological polar surface area (TPSA) is 78.1 Å². The number of aryl methyl sites for hydroxylation is 1. The molecule has 23 heavy (non-hydrogen) atoms. The van der Waals surface area contributed by atoms with Gasteiger partial charge in [-0.2, -0.15) is 16.3 Å². The van der Waals surface area contributed by atoms with Gasteiger partial charge < -0.3 is 9.26 Å². The Balaban J connectivity index is 1.68. The van der Waals surface area contributed by atoms with E-state index < -0.39 is 5.97 Å². The second-order valence-electron chi connectivity index (χ2n) is 5.22. The van der Waals surface area contributed by atoms with Gasteiger partial charge >= 0.3 is 5.97 Å². The van der Waals surface area contributed by atoms with E-state index in [1.54, 1.807) is 18.3 Å². The summed E-state index contributed by atoms with van der Waals surface area (Å²) in [4.78, 5) is 21.3. The Morgan fingerprint density at radius 3 is 2.87 bits per heavy atom. The van der Waals surface area contributed by atoms with Crippen LogP contribution in [0.15, 0.2) is 21.3 Å². The normalized spacial score (nSPS) is 11.1. The lowest BCUT2D eigenvalue weighted by Gasteiger charge is -1.99. The Morgan fingerprint density at radius 2 is 2.22 bits per heavy atom. The summed E-state index contributed by atoms with van der Waals surface area (Å²) in [5.74, 6) is 0.637. The standard InChI is InChI=1S/C15H15N3O3S2/c1-8(2)13-17-11(21-18-13)6-20-15(19)12-9(3)16-14(23-12)10-4-5-22-7-10/h4-5,7-8H,6H2,1-3H3. The Morgan fingerprint density at radius 1 is 1.39 bits per heavy atom. The van der Waals surface area contributed by atoms with Gasteiger partial charge in [-0.15, -0.1) is 11.3 Å². The van der Waals surface area contributed by atoms with E-state index in [0.29, 0.717) is 22.3 Å². The number of carbonyl (C=O) groups is 1. The van der Waals surface area contributed by atoms with Crippen LogP contribution in [0.1, 0.15) is 46.8 Å². The van der Waals surface area contributed by atoms with Gasteiger partial charge in [-0.05, 0) is 18.4 Å². The molecule has 0 aliphatic carbocycles. The van der Waals surface area contributed by atoms with Gasteiger partial charge in [0.05, 0.1) is 5.69 Å². The number of esters is 1. The van der Waals surface area contributed by atoms with Crippen LogP contribution in [0.5, 0.6) is 0 Å². The third-order valence-corrected chi connectivity index (χ3v) is 4.95. The SMILES string of the molecule is Cc1nc(-c2ccsc2)sc1C(=O)OCc1nc(C(C)C)no1. The molecule has 0 unspecified atom stereocenters. The summed E-state index contributed by atoms with van der Waals surface area (Å²) < 4.78 is 10.3. The van der Waals surface area contributed by atoms with Crippen molar-refractivity contribution in [2.45, 2.75) is 33.3 Å². The summed E-state index contributed by atoms with van der Waals surface area (Å²) in [5, 5.41) is 8.63. The van der Waals surface area contributed by atoms with Gasteiger partial charge in [0.2, 0.25) is 0 Å². The molecule has 0 aliphatic rings. The van der Waals surface area contributed by atoms with Crippen molar-refractivity contribution >= 4 is 28.6 Å². The van der Waals surface area contributed by atoms with Gasteiger partial charge in [-0.1, -0.05) is 19.0 Å². The molecule has 3 aromatic rings. The smallest absolute Gasteiger partial charge is 0.350 e. The molecule has 0 radical (unpaired) electrons. The van der Waals surface area contributed by atoms with Crippen molar-refractivity contribution in [3.8, 4) is 10.6 Å². The van der Waals surface area contributed by atoms with Crippen LogP contribution in [-0.2, 0) is 11.3 Å². The summed E-state index contributed by atoms with van der Waals surface area (Å²) in [7, 11) is 0. The van der Waals surface area contributed by atoms with Crippen LogP contribution >= 0.6 is 22.7 Å². The molecule has 8 heteroatoms. The van der Waals surface area contributed by atoms with Crippen molar-refractivity contribution < 1.29 is 14.1 Å². The number of hydrogen-bond acceptors (Lipinski definition) is 8. The van der Waals surface area contributed by atoms with Crippen molar-refractivity contribution in [1.82, 2.24) is 15.1 Å². The fourth-order valence-corrected chi connectivity index (χ4v) is 3.52. The van der Waals surface area contributed by atoms with Crippen LogP contribution in [0.25, 0.3) is 10.6 Å². The zero-order chi connectivity index (χ0) is 16.4. The lowest BCUT2D eigenvalue weighted by molar-refractivity contribution is 0.0434. The van der Waals surface area contributed by atoms with Crippen LogP contribution in [-0.4, -0.2) is 21.1 Å². The number of nitrogens with zero attached hydrogens (tertiary/aromatic N) is 3. The Labute approximate surface area is 141 Å². The zero-order valence-corrected chi connectivity index (χ0v) is 14.5. The maximum absolute atomic E-state index is 12.2. The number of ether oxygens (including phenoxy) is 1. The monoisotopic (exact) mass is 349 g/mol. The average molecular weight is 349 g/mol. The van der Waals surface area contributed by atoms with Crippen LogP contribution < -0.4 is 0 Å². The van der Waals surface area contributed by atoms with Crippen molar-refractivity contribution in [2.75, 3.05) is 0 Å². The number of carbonyl (C=O) groups excluding carboxylic acids is 1. The second-order valence-corrected chi connectivity index (χ2v) is 7.00. The molecule has 120 valence electrons. The molecule has 0 amide bonds. The zero-order valence-electron chi connectivity index (χ0n) is 12.9. The predicted octanol–water partition coefficient (Wildman–Crippen LogP) is 4.04. The molecular formula is C15H15N3O3S2. The Bertz CT molecular complexity index is 806. The minimum Gasteiger partial charge on any atom is -0.451 e. The molecule has 0 aromatic carbocycles. The van der Waals surface area contributed by atoms with E-state index >= 15 is 0 Å². The maximum atomic E-state index is 12.2. The van der Waals surface area contributed by atoms with Crippen molar-refractivity contribution in [2.24, 2.45) is 0 Å². The first kappa shape index (κ1) is 15.8. The third kappa shape index (κ3) is 3.48. The first-order chi connectivity index (χ1) is 11.0. The largest absolute Gasteiger partial charge is 0.451 e. The van der Waals surface area contributed by atoms with E-state index in [0.717, 1.165) is 10.6 Å². The highest BCUT2D eigenvalue weighted by atomic mass is 32.1. The second kappa shape index (κ2) is 6.59. The van der Waals surface area contributed by atoms with Gasteiger partial charge in [0.15, 0.2) is 12.4 Å². The summed E-state index contributed by atoms with van der Waals surface area (Å²) in [6.07, 6.45) is 0. The molecule has 0 aliphatic heterocycles. The maximum Gasteiger partial charge on any atom is 0.350 e. The van der Waals surface area contributed by atoms with E-state index in [9.17, 15) is 4.79 Å². The average Bonchev–Trinajstić information content (AvgIpc) is 3.24. The van der Waals surface area contributed by atoms with Crippen molar-refractivity contribution in [3.63, 3.8) is 0 Å². The van der Waals surface area contributed by atoms with E-state index in [1.165, 1.54) is 11.3 Å². The van der Waals surface area contributed by atoms with E-state index in [4.69, 9.17) is 9.26 Å². The first-order valence-corrected chi connectivity index (χ1v) is 8.80. The minimum atomic E-state index is -0.425. The van der Waals surface area contributed by atoms with Crippen molar-refractivity contribution in [3.05, 3.63) is 39.1 Å². The van der Waals surface area contributed by atoms with Gasteiger partial charge in [0, 0.05) is 16.9 Å². The molecule has 3 heterocycles. The number of thiazole rings is 1. The number of hydrogen-bond donors (Lipinski definition) is 0. The van der Waals surface area contributed by atoms with Crippen LogP contribution in [0.3, 0.4) is 0 Å². The van der Waals surface area contributed by atoms with Crippen LogP contribution in [0.4, 0.5) is 0 Å². The summed E-state index contributed by atoms with van der Waals surface area (Å²) >= 11 is 2.92. The van der Waals surface area contributed by atoms with Gasteiger partial charge in [0.1, 0.15) is 9.88 Å². The summed E-state index contributed by atoms with van der Waals surface area (Å²) in [6, 6.07) is 1.98. The molecule has 0 spiro atoms. The molecule has 3 aromatic heterocycles. The van der Waals surface area contributed by atoms with Gasteiger partial charge in [0.25, 0.3) is 5.89 Å². The van der Waals surface area contributed by atoms with E-state index in [1.807, 2.05) is 30.7 Å². The molecule has 0 atom stereocenters. The van der Waals surface area contributed by atoms with Crippen LogP contribution in [0.2, 0.25) is 0 Å². The summed E-state index contributed by atoms with van der Waals surface area (Å²) in [6.45, 7) is 5.69. The first-order valence-electron chi connectivity index (χ1n) is 7.04. The Kier molecular flexibility index (Phi) is 4.53. The van der Waals surface area contributed by atoms with Crippen LogP contribution in [0, 0.1) is 6.92 Å². The van der Waals surface area contributed by atoms with Gasteiger partial charge in [-0.25, -0.2) is 9.78 Å². The summed E-state index contributed by atoms with van der Waals surface area (Å²) in [5.41, 5.74) is 1.68. The number of thiophene rings is 1. The fraction of sp³-hybridized carbons (Fsp3) is 0.333. The number of aromatic nitrogens is 3. The molecule has 0 saturated heterocycles. The molecule has 0 fully saturated rings. The Hall–Kier alpha value is -2.06. The predicted molar refractivity (Wildman–Crippen MR) is 87.7 cm³/mol. The third-order valence-electron chi connectivity index (χ3n) is 3.08. The highest BCUT2D eigenvalue weighted by Gasteiger charge is 2.19. The molecule has 3 rings (SSSR count). The lowest BCUT2D eigenvalue weighted by Crippen LogP contribution is -2.05. The quantitative estimate of drug-likeness (QED) is 0.647. The highest BCUT2D eigenvalue weighted by molar-refractivity contribution is 7.17. The molecule has 0 N–H and O–H groups in total. The number of rotatable bonds is 5. The molecule has 0 saturated carbocycles. The van der Waals surface area contributed by atoms with E-state index in [-0.39, 0.29) is 12.5 Å². The molecular weight excluding hydrogens is 334 g/mol. The minimum absolute atomic E-state index is 0.0380. The lowest BCUT2D eigenvalue weighted by atomic mass is 10.2. The fourth-order valence-electron chi connectivity index (χ4n) is 1.85. The molecule has 6 nitrogen and oxygen atoms in total.